The summed E-state index contributed by atoms with van der Waals surface area (Å²) in [5, 5.41) is 0.227. The van der Waals surface area contributed by atoms with Gasteiger partial charge in [-0.2, -0.15) is 13.2 Å². The minimum absolute atomic E-state index is 0.0772. The van der Waals surface area contributed by atoms with Crippen molar-refractivity contribution in [2.75, 3.05) is 0 Å². The smallest absolute Gasteiger partial charge is 0.336 e. The van der Waals surface area contributed by atoms with Crippen LogP contribution in [0.25, 0.3) is 10.9 Å². The van der Waals surface area contributed by atoms with E-state index in [2.05, 4.69) is 0 Å². The molecule has 7 heteroatoms. The van der Waals surface area contributed by atoms with Gasteiger partial charge in [0.05, 0.1) is 5.56 Å². The van der Waals surface area contributed by atoms with E-state index >= 15 is 0 Å². The van der Waals surface area contributed by atoms with Crippen LogP contribution in [0, 0.1) is 6.92 Å². The van der Waals surface area contributed by atoms with Gasteiger partial charge >= 0.3 is 6.18 Å². The standard InChI is InChI=1S/C20H23F3N2O2/c1-12-7-6-8-13(2)25(12)17(26)11-24-14(3)18(19(27)20(21,22)23)15-9-4-5-10-16(15)24/h4-5,9-10,12-13H,6-8,11H2,1-3H3. The average molecular weight is 380 g/mol. The van der Waals surface area contributed by atoms with Crippen LogP contribution >= 0.6 is 0 Å². The number of amides is 1. The lowest BCUT2D eigenvalue weighted by atomic mass is 9.97. The molecule has 2 atom stereocenters. The van der Waals surface area contributed by atoms with Gasteiger partial charge < -0.3 is 9.47 Å². The normalized spacial score (nSPS) is 20.9. The van der Waals surface area contributed by atoms with Crippen LogP contribution in [0.15, 0.2) is 24.3 Å². The first-order chi connectivity index (χ1) is 12.6. The predicted molar refractivity (Wildman–Crippen MR) is 96.7 cm³/mol. The molecule has 4 nitrogen and oxygen atoms in total. The van der Waals surface area contributed by atoms with Crippen molar-refractivity contribution >= 4 is 22.6 Å². The number of benzene rings is 1. The summed E-state index contributed by atoms with van der Waals surface area (Å²) in [6, 6.07) is 6.62. The molecule has 0 spiro atoms. The van der Waals surface area contributed by atoms with Crippen molar-refractivity contribution in [1.29, 1.82) is 0 Å². The Kier molecular flexibility index (Phi) is 5.06. The van der Waals surface area contributed by atoms with E-state index in [1.807, 2.05) is 18.7 Å². The first-order valence-electron chi connectivity index (χ1n) is 9.13. The summed E-state index contributed by atoms with van der Waals surface area (Å²) in [6.07, 6.45) is -2.07. The number of hydrogen-bond acceptors (Lipinski definition) is 2. The van der Waals surface area contributed by atoms with Crippen LogP contribution in [-0.4, -0.2) is 39.4 Å². The summed E-state index contributed by atoms with van der Waals surface area (Å²) in [5.74, 6) is -2.01. The van der Waals surface area contributed by atoms with E-state index in [9.17, 15) is 22.8 Å². The molecule has 1 aliphatic heterocycles. The Balaban J connectivity index is 2.04. The van der Waals surface area contributed by atoms with E-state index in [0.29, 0.717) is 5.52 Å². The van der Waals surface area contributed by atoms with E-state index in [1.165, 1.54) is 17.6 Å². The second-order valence-corrected chi connectivity index (χ2v) is 7.32. The third-order valence-corrected chi connectivity index (χ3v) is 5.49. The van der Waals surface area contributed by atoms with Crippen molar-refractivity contribution in [3.05, 3.63) is 35.5 Å². The molecule has 1 saturated heterocycles. The number of ketones is 1. The summed E-state index contributed by atoms with van der Waals surface area (Å²) in [6.45, 7) is 5.38. The molecule has 3 rings (SSSR count). The SMILES string of the molecule is Cc1c(C(=O)C(F)(F)F)c2ccccc2n1CC(=O)N1C(C)CCCC1C. The molecule has 0 aliphatic carbocycles. The van der Waals surface area contributed by atoms with Crippen LogP contribution in [0.3, 0.4) is 0 Å². The highest BCUT2D eigenvalue weighted by molar-refractivity contribution is 6.12. The largest absolute Gasteiger partial charge is 0.454 e. The zero-order valence-electron chi connectivity index (χ0n) is 15.6. The highest BCUT2D eigenvalue weighted by atomic mass is 19.4. The summed E-state index contributed by atoms with van der Waals surface area (Å²) in [7, 11) is 0. The van der Waals surface area contributed by atoms with Gasteiger partial charge in [-0.25, -0.2) is 0 Å². The maximum absolute atomic E-state index is 13.1. The van der Waals surface area contributed by atoms with E-state index in [1.54, 1.807) is 18.2 Å². The van der Waals surface area contributed by atoms with Gasteiger partial charge in [0, 0.05) is 28.7 Å². The first kappa shape index (κ1) is 19.5. The van der Waals surface area contributed by atoms with Crippen LogP contribution in [0.4, 0.5) is 13.2 Å². The van der Waals surface area contributed by atoms with Gasteiger partial charge in [-0.3, -0.25) is 9.59 Å². The molecule has 0 N–H and O–H groups in total. The molecule has 146 valence electrons. The number of halogens is 3. The molecule has 1 aromatic carbocycles. The monoisotopic (exact) mass is 380 g/mol. The number of aromatic nitrogens is 1. The zero-order chi connectivity index (χ0) is 19.9. The summed E-state index contributed by atoms with van der Waals surface area (Å²) in [5.41, 5.74) is 0.267. The fraction of sp³-hybridized carbons (Fsp3) is 0.500. The van der Waals surface area contributed by atoms with Crippen molar-refractivity contribution in [2.24, 2.45) is 0 Å². The van der Waals surface area contributed by atoms with Crippen LogP contribution < -0.4 is 0 Å². The van der Waals surface area contributed by atoms with Crippen molar-refractivity contribution < 1.29 is 22.8 Å². The molecule has 0 saturated carbocycles. The lowest BCUT2D eigenvalue weighted by molar-refractivity contribution is -0.137. The van der Waals surface area contributed by atoms with Gasteiger partial charge in [-0.05, 0) is 46.1 Å². The maximum Gasteiger partial charge on any atom is 0.454 e. The summed E-state index contributed by atoms with van der Waals surface area (Å²) >= 11 is 0. The quantitative estimate of drug-likeness (QED) is 0.737. The van der Waals surface area contributed by atoms with E-state index in [-0.39, 0.29) is 41.2 Å². The third kappa shape index (κ3) is 3.47. The van der Waals surface area contributed by atoms with E-state index in [0.717, 1.165) is 19.3 Å². The van der Waals surface area contributed by atoms with Crippen LogP contribution in [0.1, 0.15) is 49.2 Å². The molecule has 1 aliphatic rings. The number of alkyl halides is 3. The molecule has 2 heterocycles. The minimum Gasteiger partial charge on any atom is -0.336 e. The summed E-state index contributed by atoms with van der Waals surface area (Å²) in [4.78, 5) is 26.8. The van der Waals surface area contributed by atoms with Gasteiger partial charge in [0.1, 0.15) is 6.54 Å². The van der Waals surface area contributed by atoms with Gasteiger partial charge in [0.15, 0.2) is 0 Å². The third-order valence-electron chi connectivity index (χ3n) is 5.49. The van der Waals surface area contributed by atoms with Gasteiger partial charge in [0.25, 0.3) is 5.78 Å². The second kappa shape index (κ2) is 7.02. The van der Waals surface area contributed by atoms with Crippen LogP contribution in [0.2, 0.25) is 0 Å². The van der Waals surface area contributed by atoms with Gasteiger partial charge in [-0.1, -0.05) is 18.2 Å². The Morgan fingerprint density at radius 2 is 1.70 bits per heavy atom. The number of likely N-dealkylation sites (tertiary alicyclic amines) is 1. The number of piperidine rings is 1. The number of carbonyl (C=O) groups excluding carboxylic acids is 2. The zero-order valence-corrected chi connectivity index (χ0v) is 15.6. The average Bonchev–Trinajstić information content (AvgIpc) is 2.85. The van der Waals surface area contributed by atoms with Crippen molar-refractivity contribution in [3.63, 3.8) is 0 Å². The number of carbonyl (C=O) groups is 2. The Bertz CT molecular complexity index is 875. The van der Waals surface area contributed by atoms with E-state index < -0.39 is 12.0 Å². The molecule has 0 bridgehead atoms. The highest BCUT2D eigenvalue weighted by Crippen LogP contribution is 2.32. The van der Waals surface area contributed by atoms with Gasteiger partial charge in [0.2, 0.25) is 5.91 Å². The van der Waals surface area contributed by atoms with Crippen LogP contribution in [0.5, 0.6) is 0 Å². The van der Waals surface area contributed by atoms with Crippen molar-refractivity contribution in [1.82, 2.24) is 9.47 Å². The number of rotatable bonds is 3. The molecular weight excluding hydrogens is 357 g/mol. The minimum atomic E-state index is -4.96. The Hall–Kier alpha value is -2.31. The number of Topliss-reactive ketones (excluding diaryl/α,β-unsaturated/α-hetero) is 1. The molecule has 0 radical (unpaired) electrons. The first-order valence-corrected chi connectivity index (χ1v) is 9.13. The highest BCUT2D eigenvalue weighted by Gasteiger charge is 2.42. The van der Waals surface area contributed by atoms with E-state index in [4.69, 9.17) is 0 Å². The van der Waals surface area contributed by atoms with Gasteiger partial charge in [-0.15, -0.1) is 0 Å². The van der Waals surface area contributed by atoms with Crippen molar-refractivity contribution in [3.8, 4) is 0 Å². The molecule has 2 aromatic rings. The number of fused-ring (bicyclic) bond motifs is 1. The fourth-order valence-corrected chi connectivity index (χ4v) is 4.19. The molecule has 1 aromatic heterocycles. The molecule has 1 amide bonds. The lowest BCUT2D eigenvalue weighted by Crippen LogP contribution is -2.48. The Labute approximate surface area is 155 Å². The number of para-hydroxylation sites is 1. The Morgan fingerprint density at radius 1 is 1.11 bits per heavy atom. The molecular formula is C20H23F3N2O2. The number of hydrogen-bond donors (Lipinski definition) is 0. The molecule has 1 fully saturated rings. The second-order valence-electron chi connectivity index (χ2n) is 7.32. The van der Waals surface area contributed by atoms with Crippen molar-refractivity contribution in [2.45, 2.75) is 64.8 Å². The molecule has 2 unspecified atom stereocenters. The predicted octanol–water partition coefficient (Wildman–Crippen LogP) is 4.48. The maximum atomic E-state index is 13.1. The number of nitrogens with zero attached hydrogens (tertiary/aromatic N) is 2. The fourth-order valence-electron chi connectivity index (χ4n) is 4.19. The summed E-state index contributed by atoms with van der Waals surface area (Å²) < 4.78 is 40.8. The molecule has 27 heavy (non-hydrogen) atoms. The topological polar surface area (TPSA) is 42.3 Å². The Morgan fingerprint density at radius 3 is 2.30 bits per heavy atom. The lowest BCUT2D eigenvalue weighted by Gasteiger charge is -2.39. The van der Waals surface area contributed by atoms with Crippen LogP contribution in [-0.2, 0) is 11.3 Å².